The quantitative estimate of drug-likeness (QED) is 0.851. The summed E-state index contributed by atoms with van der Waals surface area (Å²) in [5.74, 6) is -0.247. The molecule has 3 rings (SSSR count). The van der Waals surface area contributed by atoms with Crippen LogP contribution in [0.15, 0.2) is 24.3 Å². The number of ether oxygens (including phenoxy) is 1. The maximum absolute atomic E-state index is 12.7. The summed E-state index contributed by atoms with van der Waals surface area (Å²) in [6.45, 7) is 1.81. The van der Waals surface area contributed by atoms with Crippen LogP contribution in [0.1, 0.15) is 19.3 Å². The number of benzene rings is 1. The van der Waals surface area contributed by atoms with Gasteiger partial charge in [0.2, 0.25) is 11.8 Å². The second kappa shape index (κ2) is 6.89. The monoisotopic (exact) mass is 336 g/mol. The van der Waals surface area contributed by atoms with E-state index in [1.807, 2.05) is 23.1 Å². The number of piperidine rings is 1. The van der Waals surface area contributed by atoms with E-state index in [9.17, 15) is 9.59 Å². The Morgan fingerprint density at radius 1 is 1.26 bits per heavy atom. The van der Waals surface area contributed by atoms with Crippen molar-refractivity contribution in [3.63, 3.8) is 0 Å². The lowest BCUT2D eigenvalue weighted by Crippen LogP contribution is -2.44. The van der Waals surface area contributed by atoms with E-state index in [4.69, 9.17) is 16.3 Å². The summed E-state index contributed by atoms with van der Waals surface area (Å²) in [6, 6.07) is 7.25. The lowest BCUT2D eigenvalue weighted by molar-refractivity contribution is -0.138. The first-order valence-corrected chi connectivity index (χ1v) is 8.34. The van der Waals surface area contributed by atoms with E-state index in [0.717, 1.165) is 12.8 Å². The standard InChI is InChI=1S/C17H21ClN2O3/c1-23-13-6-8-19(9-7-13)17(22)12-10-16(21)20(11-12)15-5-3-2-4-14(15)18/h2-5,12-13H,6-11H2,1H3. The number of carbonyl (C=O) groups excluding carboxylic acids is 2. The molecule has 0 spiro atoms. The van der Waals surface area contributed by atoms with E-state index in [2.05, 4.69) is 0 Å². The summed E-state index contributed by atoms with van der Waals surface area (Å²) in [5.41, 5.74) is 0.688. The first kappa shape index (κ1) is 16.3. The van der Waals surface area contributed by atoms with Gasteiger partial charge in [0, 0.05) is 33.2 Å². The van der Waals surface area contributed by atoms with E-state index in [-0.39, 0.29) is 30.3 Å². The Bertz CT molecular complexity index is 599. The third-order valence-corrected chi connectivity index (χ3v) is 5.02. The molecule has 0 N–H and O–H groups in total. The molecule has 6 heteroatoms. The molecular weight excluding hydrogens is 316 g/mol. The topological polar surface area (TPSA) is 49.9 Å². The predicted molar refractivity (Wildman–Crippen MR) is 88.5 cm³/mol. The van der Waals surface area contributed by atoms with Crippen LogP contribution in [0.25, 0.3) is 0 Å². The van der Waals surface area contributed by atoms with Crippen LogP contribution in [0.4, 0.5) is 5.69 Å². The van der Waals surface area contributed by atoms with Crippen LogP contribution in [0.3, 0.4) is 0 Å². The van der Waals surface area contributed by atoms with Crippen molar-refractivity contribution in [3.05, 3.63) is 29.3 Å². The fraction of sp³-hybridized carbons (Fsp3) is 0.529. The Hall–Kier alpha value is -1.59. The van der Waals surface area contributed by atoms with Crippen molar-refractivity contribution in [3.8, 4) is 0 Å². The van der Waals surface area contributed by atoms with Gasteiger partial charge in [0.1, 0.15) is 0 Å². The molecule has 2 amide bonds. The highest BCUT2D eigenvalue weighted by Crippen LogP contribution is 2.32. The van der Waals surface area contributed by atoms with Gasteiger partial charge in [-0.3, -0.25) is 9.59 Å². The van der Waals surface area contributed by atoms with Crippen molar-refractivity contribution in [2.24, 2.45) is 5.92 Å². The number of para-hydroxylation sites is 1. The van der Waals surface area contributed by atoms with Gasteiger partial charge in [-0.05, 0) is 25.0 Å². The van der Waals surface area contributed by atoms with Gasteiger partial charge in [0.25, 0.3) is 0 Å². The van der Waals surface area contributed by atoms with Crippen LogP contribution in [-0.4, -0.2) is 49.6 Å². The molecule has 2 fully saturated rings. The van der Waals surface area contributed by atoms with E-state index in [1.54, 1.807) is 18.1 Å². The third-order valence-electron chi connectivity index (χ3n) is 4.70. The summed E-state index contributed by atoms with van der Waals surface area (Å²) in [5, 5.41) is 0.537. The van der Waals surface area contributed by atoms with Crippen molar-refractivity contribution in [2.75, 3.05) is 31.6 Å². The highest BCUT2D eigenvalue weighted by atomic mass is 35.5. The summed E-state index contributed by atoms with van der Waals surface area (Å²) in [6.07, 6.45) is 2.21. The molecule has 1 atom stereocenters. The summed E-state index contributed by atoms with van der Waals surface area (Å²) < 4.78 is 5.33. The highest BCUT2D eigenvalue weighted by molar-refractivity contribution is 6.33. The van der Waals surface area contributed by atoms with Crippen LogP contribution >= 0.6 is 11.6 Å². The normalized spacial score (nSPS) is 22.7. The molecule has 5 nitrogen and oxygen atoms in total. The van der Waals surface area contributed by atoms with Gasteiger partial charge < -0.3 is 14.5 Å². The molecule has 1 aromatic carbocycles. The first-order chi connectivity index (χ1) is 11.1. The van der Waals surface area contributed by atoms with E-state index < -0.39 is 0 Å². The van der Waals surface area contributed by atoms with Crippen LogP contribution in [0.2, 0.25) is 5.02 Å². The predicted octanol–water partition coefficient (Wildman–Crippen LogP) is 2.33. The zero-order valence-corrected chi connectivity index (χ0v) is 14.0. The molecule has 2 heterocycles. The molecule has 0 saturated carbocycles. The third kappa shape index (κ3) is 3.35. The van der Waals surface area contributed by atoms with Crippen molar-refractivity contribution in [1.82, 2.24) is 4.90 Å². The number of carbonyl (C=O) groups is 2. The molecule has 23 heavy (non-hydrogen) atoms. The lowest BCUT2D eigenvalue weighted by Gasteiger charge is -2.32. The number of likely N-dealkylation sites (tertiary alicyclic amines) is 1. The fourth-order valence-electron chi connectivity index (χ4n) is 3.35. The van der Waals surface area contributed by atoms with Crippen LogP contribution in [0.5, 0.6) is 0 Å². The van der Waals surface area contributed by atoms with Crippen LogP contribution in [-0.2, 0) is 14.3 Å². The number of nitrogens with zero attached hydrogens (tertiary/aromatic N) is 2. The number of amides is 2. The van der Waals surface area contributed by atoms with Gasteiger partial charge in [-0.2, -0.15) is 0 Å². The van der Waals surface area contributed by atoms with Gasteiger partial charge in [-0.1, -0.05) is 23.7 Å². The second-order valence-corrected chi connectivity index (χ2v) is 6.52. The second-order valence-electron chi connectivity index (χ2n) is 6.12. The number of halogens is 1. The number of methoxy groups -OCH3 is 1. The Morgan fingerprint density at radius 3 is 2.61 bits per heavy atom. The summed E-state index contributed by atoms with van der Waals surface area (Å²) in [4.78, 5) is 28.5. The zero-order valence-electron chi connectivity index (χ0n) is 13.2. The number of anilines is 1. The fourth-order valence-corrected chi connectivity index (χ4v) is 3.58. The van der Waals surface area contributed by atoms with Gasteiger partial charge in [0.15, 0.2) is 0 Å². The molecule has 0 aliphatic carbocycles. The largest absolute Gasteiger partial charge is 0.381 e. The molecule has 0 radical (unpaired) electrons. The minimum atomic E-state index is -0.280. The first-order valence-electron chi connectivity index (χ1n) is 7.96. The zero-order chi connectivity index (χ0) is 16.4. The molecule has 2 saturated heterocycles. The van der Waals surface area contributed by atoms with Gasteiger partial charge in [-0.25, -0.2) is 0 Å². The minimum Gasteiger partial charge on any atom is -0.381 e. The smallest absolute Gasteiger partial charge is 0.228 e. The average molecular weight is 337 g/mol. The molecule has 1 unspecified atom stereocenters. The van der Waals surface area contributed by atoms with E-state index >= 15 is 0 Å². The molecule has 0 bridgehead atoms. The van der Waals surface area contributed by atoms with Crippen molar-refractivity contribution in [2.45, 2.75) is 25.4 Å². The van der Waals surface area contributed by atoms with Crippen LogP contribution < -0.4 is 4.90 Å². The highest BCUT2D eigenvalue weighted by Gasteiger charge is 2.38. The molecule has 2 aliphatic heterocycles. The SMILES string of the molecule is COC1CCN(C(=O)C2CC(=O)N(c3ccccc3Cl)C2)CC1. The Kier molecular flexibility index (Phi) is 4.87. The lowest BCUT2D eigenvalue weighted by atomic mass is 10.0. The van der Waals surface area contributed by atoms with Crippen molar-refractivity contribution >= 4 is 29.1 Å². The van der Waals surface area contributed by atoms with Crippen molar-refractivity contribution in [1.29, 1.82) is 0 Å². The maximum Gasteiger partial charge on any atom is 0.228 e. The van der Waals surface area contributed by atoms with E-state index in [0.29, 0.717) is 30.3 Å². The van der Waals surface area contributed by atoms with Gasteiger partial charge >= 0.3 is 0 Å². The van der Waals surface area contributed by atoms with Gasteiger partial charge in [-0.15, -0.1) is 0 Å². The average Bonchev–Trinajstić information content (AvgIpc) is 2.96. The van der Waals surface area contributed by atoms with E-state index in [1.165, 1.54) is 0 Å². The number of rotatable bonds is 3. The summed E-state index contributed by atoms with van der Waals surface area (Å²) in [7, 11) is 1.71. The number of hydrogen-bond acceptors (Lipinski definition) is 3. The summed E-state index contributed by atoms with van der Waals surface area (Å²) >= 11 is 6.17. The molecule has 2 aliphatic rings. The molecule has 124 valence electrons. The molecule has 1 aromatic rings. The maximum atomic E-state index is 12.7. The van der Waals surface area contributed by atoms with Crippen LogP contribution in [0, 0.1) is 5.92 Å². The Morgan fingerprint density at radius 2 is 1.96 bits per heavy atom. The number of hydrogen-bond donors (Lipinski definition) is 0. The Labute approximate surface area is 141 Å². The minimum absolute atomic E-state index is 0.0387. The molecule has 0 aromatic heterocycles. The Balaban J connectivity index is 1.66. The van der Waals surface area contributed by atoms with Crippen molar-refractivity contribution < 1.29 is 14.3 Å². The molecular formula is C17H21ClN2O3. The van der Waals surface area contributed by atoms with Gasteiger partial charge in [0.05, 0.1) is 22.7 Å².